The van der Waals surface area contributed by atoms with E-state index in [9.17, 15) is 13.2 Å². The maximum Gasteiger partial charge on any atom is 0.391 e. The van der Waals surface area contributed by atoms with Gasteiger partial charge < -0.3 is 0 Å². The van der Waals surface area contributed by atoms with Crippen LogP contribution in [-0.2, 0) is 6.42 Å². The summed E-state index contributed by atoms with van der Waals surface area (Å²) in [4.78, 5) is 0. The molecule has 0 amide bonds. The number of nitrogens with zero attached hydrogens (tertiary/aromatic N) is 3. The smallest absolute Gasteiger partial charge is 0.177 e. The number of hydrogen-bond donors (Lipinski definition) is 1. The molecule has 13 heavy (non-hydrogen) atoms. The van der Waals surface area contributed by atoms with Crippen LogP contribution in [0.1, 0.15) is 19.2 Å². The van der Waals surface area contributed by atoms with E-state index in [1.807, 2.05) is 0 Å². The fraction of sp³-hybridized carbons (Fsp3) is 0.833. The molecular weight excluding hydrogens is 185 g/mol. The van der Waals surface area contributed by atoms with Crippen LogP contribution < -0.4 is 0 Å². The third-order valence-corrected chi connectivity index (χ3v) is 1.75. The summed E-state index contributed by atoms with van der Waals surface area (Å²) in [5.41, 5.74) is 0. The maximum atomic E-state index is 12.0. The van der Waals surface area contributed by atoms with Crippen molar-refractivity contribution < 1.29 is 13.2 Å². The van der Waals surface area contributed by atoms with Gasteiger partial charge in [-0.1, -0.05) is 12.1 Å². The van der Waals surface area contributed by atoms with Crippen LogP contribution in [0.3, 0.4) is 0 Å². The SMILES string of the molecule is CC(CCc1nn[nH]n1)C(F)(F)F. The molecule has 1 aromatic heterocycles. The van der Waals surface area contributed by atoms with E-state index in [1.54, 1.807) is 0 Å². The number of aromatic amines is 1. The summed E-state index contributed by atoms with van der Waals surface area (Å²) < 4.78 is 36.0. The minimum absolute atomic E-state index is 0.0109. The normalized spacial score (nSPS) is 14.5. The Bertz CT molecular complexity index is 243. The molecule has 74 valence electrons. The molecule has 0 bridgehead atoms. The van der Waals surface area contributed by atoms with Crippen molar-refractivity contribution >= 4 is 0 Å². The van der Waals surface area contributed by atoms with Crippen molar-refractivity contribution in [1.82, 2.24) is 20.6 Å². The highest BCUT2D eigenvalue weighted by atomic mass is 19.4. The van der Waals surface area contributed by atoms with Crippen molar-refractivity contribution in [1.29, 1.82) is 0 Å². The zero-order chi connectivity index (χ0) is 9.90. The summed E-state index contributed by atoms with van der Waals surface area (Å²) in [7, 11) is 0. The number of H-pyrrole nitrogens is 1. The van der Waals surface area contributed by atoms with Crippen LogP contribution in [-0.4, -0.2) is 26.8 Å². The summed E-state index contributed by atoms with van der Waals surface area (Å²) in [6.07, 6.45) is -3.95. The van der Waals surface area contributed by atoms with E-state index >= 15 is 0 Å². The van der Waals surface area contributed by atoms with Crippen LogP contribution >= 0.6 is 0 Å². The van der Waals surface area contributed by atoms with E-state index < -0.39 is 12.1 Å². The van der Waals surface area contributed by atoms with Gasteiger partial charge in [0.05, 0.1) is 5.92 Å². The first-order valence-corrected chi connectivity index (χ1v) is 3.79. The van der Waals surface area contributed by atoms with E-state index in [4.69, 9.17) is 0 Å². The lowest BCUT2D eigenvalue weighted by Gasteiger charge is -2.13. The molecule has 0 radical (unpaired) electrons. The predicted octanol–water partition coefficient (Wildman–Crippen LogP) is 1.33. The Morgan fingerprint density at radius 2 is 2.15 bits per heavy atom. The van der Waals surface area contributed by atoms with Crippen LogP contribution in [0.15, 0.2) is 0 Å². The van der Waals surface area contributed by atoms with Crippen molar-refractivity contribution in [3.63, 3.8) is 0 Å². The van der Waals surface area contributed by atoms with Crippen LogP contribution in [0.4, 0.5) is 13.2 Å². The Hall–Kier alpha value is -1.14. The van der Waals surface area contributed by atoms with Gasteiger partial charge in [-0.2, -0.15) is 18.4 Å². The zero-order valence-electron chi connectivity index (χ0n) is 6.97. The first-order valence-electron chi connectivity index (χ1n) is 3.79. The zero-order valence-corrected chi connectivity index (χ0v) is 6.97. The van der Waals surface area contributed by atoms with Gasteiger partial charge in [0, 0.05) is 6.42 Å². The van der Waals surface area contributed by atoms with Gasteiger partial charge in [-0.25, -0.2) is 0 Å². The molecule has 0 saturated carbocycles. The van der Waals surface area contributed by atoms with E-state index in [0.29, 0.717) is 5.82 Å². The van der Waals surface area contributed by atoms with Crippen molar-refractivity contribution in [3.8, 4) is 0 Å². The Labute approximate surface area is 72.5 Å². The highest BCUT2D eigenvalue weighted by Gasteiger charge is 2.35. The number of alkyl halides is 3. The van der Waals surface area contributed by atoms with Gasteiger partial charge in [-0.3, -0.25) is 0 Å². The Kier molecular flexibility index (Phi) is 2.84. The van der Waals surface area contributed by atoms with Crippen LogP contribution in [0.2, 0.25) is 0 Å². The summed E-state index contributed by atoms with van der Waals surface area (Å²) in [6, 6.07) is 0. The first-order chi connectivity index (χ1) is 6.00. The molecule has 1 heterocycles. The molecule has 1 N–H and O–H groups in total. The van der Waals surface area contributed by atoms with Crippen molar-refractivity contribution in [3.05, 3.63) is 5.82 Å². The predicted molar refractivity (Wildman–Crippen MR) is 37.7 cm³/mol. The largest absolute Gasteiger partial charge is 0.391 e. The molecule has 0 aromatic carbocycles. The van der Waals surface area contributed by atoms with Gasteiger partial charge in [0.15, 0.2) is 5.82 Å². The fourth-order valence-electron chi connectivity index (χ4n) is 0.798. The second-order valence-corrected chi connectivity index (χ2v) is 2.81. The Morgan fingerprint density at radius 3 is 2.62 bits per heavy atom. The highest BCUT2D eigenvalue weighted by molar-refractivity contribution is 4.78. The van der Waals surface area contributed by atoms with E-state index in [2.05, 4.69) is 20.6 Å². The molecule has 1 aromatic rings. The number of halogens is 3. The van der Waals surface area contributed by atoms with E-state index in [1.165, 1.54) is 0 Å². The molecule has 0 aliphatic heterocycles. The minimum Gasteiger partial charge on any atom is -0.177 e. The minimum atomic E-state index is -4.14. The van der Waals surface area contributed by atoms with Gasteiger partial charge in [0.2, 0.25) is 0 Å². The molecule has 0 spiro atoms. The van der Waals surface area contributed by atoms with E-state index in [-0.39, 0.29) is 12.8 Å². The third-order valence-electron chi connectivity index (χ3n) is 1.75. The molecule has 7 heteroatoms. The summed E-state index contributed by atoms with van der Waals surface area (Å²) in [6.45, 7) is 1.14. The quantitative estimate of drug-likeness (QED) is 0.789. The average molecular weight is 194 g/mol. The van der Waals surface area contributed by atoms with Crippen molar-refractivity contribution in [2.75, 3.05) is 0 Å². The van der Waals surface area contributed by atoms with Crippen LogP contribution in [0.5, 0.6) is 0 Å². The van der Waals surface area contributed by atoms with Gasteiger partial charge in [0.1, 0.15) is 0 Å². The molecule has 0 aliphatic carbocycles. The van der Waals surface area contributed by atoms with Gasteiger partial charge >= 0.3 is 6.18 Å². The standard InChI is InChI=1S/C6H9F3N4/c1-4(6(7,8)9)2-3-5-10-12-13-11-5/h4H,2-3H2,1H3,(H,10,11,12,13). The Balaban J connectivity index is 2.35. The first kappa shape index (κ1) is 9.94. The summed E-state index contributed by atoms with van der Waals surface area (Å²) in [5, 5.41) is 12.5. The molecule has 0 saturated heterocycles. The molecule has 1 unspecified atom stereocenters. The maximum absolute atomic E-state index is 12.0. The molecule has 4 nitrogen and oxygen atoms in total. The second-order valence-electron chi connectivity index (χ2n) is 2.81. The fourth-order valence-corrected chi connectivity index (χ4v) is 0.798. The monoisotopic (exact) mass is 194 g/mol. The van der Waals surface area contributed by atoms with Crippen LogP contribution in [0, 0.1) is 5.92 Å². The number of hydrogen-bond acceptors (Lipinski definition) is 3. The lowest BCUT2D eigenvalue weighted by Crippen LogP contribution is -2.20. The molecule has 0 aliphatic rings. The van der Waals surface area contributed by atoms with Crippen molar-refractivity contribution in [2.45, 2.75) is 25.9 Å². The average Bonchev–Trinajstić information content (AvgIpc) is 2.50. The number of aryl methyl sites for hydroxylation is 1. The Morgan fingerprint density at radius 1 is 1.46 bits per heavy atom. The lowest BCUT2D eigenvalue weighted by molar-refractivity contribution is -0.171. The van der Waals surface area contributed by atoms with Gasteiger partial charge in [-0.05, 0) is 6.42 Å². The van der Waals surface area contributed by atoms with E-state index in [0.717, 1.165) is 6.92 Å². The third kappa shape index (κ3) is 3.00. The molecule has 1 rings (SSSR count). The number of aromatic nitrogens is 4. The topological polar surface area (TPSA) is 54.5 Å². The summed E-state index contributed by atoms with van der Waals surface area (Å²) >= 11 is 0. The number of nitrogens with one attached hydrogen (secondary N) is 1. The summed E-state index contributed by atoms with van der Waals surface area (Å²) in [5.74, 6) is -1.01. The number of rotatable bonds is 3. The van der Waals surface area contributed by atoms with Gasteiger partial charge in [0.25, 0.3) is 0 Å². The molecular formula is C6H9F3N4. The highest BCUT2D eigenvalue weighted by Crippen LogP contribution is 2.28. The number of tetrazole rings is 1. The van der Waals surface area contributed by atoms with Crippen LogP contribution in [0.25, 0.3) is 0 Å². The lowest BCUT2D eigenvalue weighted by atomic mass is 10.1. The molecule has 0 fully saturated rings. The second kappa shape index (κ2) is 3.71. The van der Waals surface area contributed by atoms with Gasteiger partial charge in [-0.15, -0.1) is 10.2 Å². The van der Waals surface area contributed by atoms with Crippen molar-refractivity contribution in [2.24, 2.45) is 5.92 Å². The molecule has 1 atom stereocenters.